The van der Waals surface area contributed by atoms with Crippen molar-refractivity contribution < 1.29 is 9.53 Å². The molecule has 1 aromatic rings. The molecule has 1 aliphatic carbocycles. The van der Waals surface area contributed by atoms with E-state index in [1.807, 2.05) is 25.1 Å². The van der Waals surface area contributed by atoms with Crippen LogP contribution in [0.5, 0.6) is 0 Å². The summed E-state index contributed by atoms with van der Waals surface area (Å²) in [5.74, 6) is -0.266. The Morgan fingerprint density at radius 2 is 2.00 bits per heavy atom. The van der Waals surface area contributed by atoms with E-state index in [0.29, 0.717) is 24.3 Å². The zero-order chi connectivity index (χ0) is 13.7. The van der Waals surface area contributed by atoms with Gasteiger partial charge < -0.3 is 15.8 Å². The normalized spacial score (nSPS) is 22.8. The molecule has 0 amide bonds. The Balaban J connectivity index is 2.05. The number of carbonyl (C=O) groups excluding carboxylic acids is 1. The highest BCUT2D eigenvalue weighted by molar-refractivity contribution is 5.95. The van der Waals surface area contributed by atoms with E-state index in [2.05, 4.69) is 5.32 Å². The van der Waals surface area contributed by atoms with Crippen LogP contribution in [0.4, 0.5) is 5.69 Å². The summed E-state index contributed by atoms with van der Waals surface area (Å²) >= 11 is 0. The van der Waals surface area contributed by atoms with Gasteiger partial charge in [0.1, 0.15) is 0 Å². The molecule has 0 aromatic heterocycles. The van der Waals surface area contributed by atoms with Gasteiger partial charge in [0.15, 0.2) is 0 Å². The highest BCUT2D eigenvalue weighted by Crippen LogP contribution is 2.23. The lowest BCUT2D eigenvalue weighted by Crippen LogP contribution is -2.33. The molecule has 1 aromatic carbocycles. The predicted octanol–water partition coefficient (Wildman–Crippen LogP) is 2.55. The smallest absolute Gasteiger partial charge is 0.340 e. The van der Waals surface area contributed by atoms with Crippen LogP contribution in [-0.4, -0.2) is 24.7 Å². The lowest BCUT2D eigenvalue weighted by molar-refractivity contribution is 0.0527. The number of esters is 1. The van der Waals surface area contributed by atoms with Gasteiger partial charge in [0.05, 0.1) is 12.2 Å². The minimum absolute atomic E-state index is 0.266. The average Bonchev–Trinajstić information content (AvgIpc) is 2.42. The lowest BCUT2D eigenvalue weighted by Gasteiger charge is -2.28. The van der Waals surface area contributed by atoms with Crippen molar-refractivity contribution in [1.82, 2.24) is 0 Å². The van der Waals surface area contributed by atoms with Gasteiger partial charge in [0.2, 0.25) is 0 Å². The first-order valence-electron chi connectivity index (χ1n) is 6.99. The van der Waals surface area contributed by atoms with E-state index < -0.39 is 0 Å². The molecule has 0 atom stereocenters. The van der Waals surface area contributed by atoms with Crippen molar-refractivity contribution in [2.24, 2.45) is 5.73 Å². The summed E-state index contributed by atoms with van der Waals surface area (Å²) in [6.07, 6.45) is 4.19. The fourth-order valence-corrected chi connectivity index (χ4v) is 2.48. The molecule has 3 N–H and O–H groups in total. The molecule has 0 saturated heterocycles. The molecule has 2 rings (SSSR count). The van der Waals surface area contributed by atoms with Crippen molar-refractivity contribution in [3.05, 3.63) is 29.8 Å². The molecule has 0 aliphatic heterocycles. The molecular formula is C15H22N2O2. The second-order valence-electron chi connectivity index (χ2n) is 5.02. The number of nitrogens with two attached hydrogens (primary N) is 1. The van der Waals surface area contributed by atoms with Crippen LogP contribution in [0.3, 0.4) is 0 Å². The van der Waals surface area contributed by atoms with Gasteiger partial charge in [-0.05, 0) is 44.7 Å². The summed E-state index contributed by atoms with van der Waals surface area (Å²) in [6, 6.07) is 8.25. The number of rotatable bonds is 4. The summed E-state index contributed by atoms with van der Waals surface area (Å²) in [6.45, 7) is 2.21. The fraction of sp³-hybridized carbons (Fsp3) is 0.533. The topological polar surface area (TPSA) is 64.3 Å². The number of ether oxygens (including phenoxy) is 1. The first-order chi connectivity index (χ1) is 9.20. The van der Waals surface area contributed by atoms with Gasteiger partial charge >= 0.3 is 5.97 Å². The van der Waals surface area contributed by atoms with E-state index in [1.54, 1.807) is 6.07 Å². The first-order valence-corrected chi connectivity index (χ1v) is 6.99. The molecule has 0 heterocycles. The van der Waals surface area contributed by atoms with Crippen LogP contribution in [0.25, 0.3) is 0 Å². The molecule has 0 bridgehead atoms. The van der Waals surface area contributed by atoms with E-state index >= 15 is 0 Å². The largest absolute Gasteiger partial charge is 0.462 e. The number of anilines is 1. The highest BCUT2D eigenvalue weighted by Gasteiger charge is 2.20. The Labute approximate surface area is 114 Å². The van der Waals surface area contributed by atoms with E-state index in [1.165, 1.54) is 0 Å². The summed E-state index contributed by atoms with van der Waals surface area (Å²) in [7, 11) is 0. The molecule has 104 valence electrons. The molecule has 4 nitrogen and oxygen atoms in total. The zero-order valence-electron chi connectivity index (χ0n) is 11.4. The fourth-order valence-electron chi connectivity index (χ4n) is 2.48. The summed E-state index contributed by atoms with van der Waals surface area (Å²) in [5.41, 5.74) is 7.38. The Morgan fingerprint density at radius 3 is 2.68 bits per heavy atom. The molecule has 4 heteroatoms. The van der Waals surface area contributed by atoms with Crippen molar-refractivity contribution in [2.75, 3.05) is 11.9 Å². The summed E-state index contributed by atoms with van der Waals surface area (Å²) in [4.78, 5) is 11.9. The average molecular weight is 262 g/mol. The van der Waals surface area contributed by atoms with Crippen LogP contribution in [0.1, 0.15) is 43.0 Å². The van der Waals surface area contributed by atoms with Crippen LogP contribution < -0.4 is 11.1 Å². The highest BCUT2D eigenvalue weighted by atomic mass is 16.5. The lowest BCUT2D eigenvalue weighted by atomic mass is 9.91. The minimum Gasteiger partial charge on any atom is -0.462 e. The van der Waals surface area contributed by atoms with Gasteiger partial charge in [-0.1, -0.05) is 12.1 Å². The van der Waals surface area contributed by atoms with Gasteiger partial charge in [-0.15, -0.1) is 0 Å². The van der Waals surface area contributed by atoms with Crippen LogP contribution in [0, 0.1) is 0 Å². The Bertz CT molecular complexity index is 426. The molecular weight excluding hydrogens is 240 g/mol. The standard InChI is InChI=1S/C15H22N2O2/c1-2-19-15(18)13-5-3-4-6-14(13)17-12-9-7-11(16)8-10-12/h3-6,11-12,17H,2,7-10,16H2,1H3. The van der Waals surface area contributed by atoms with Crippen molar-refractivity contribution in [3.63, 3.8) is 0 Å². The van der Waals surface area contributed by atoms with E-state index in [9.17, 15) is 4.79 Å². The maximum atomic E-state index is 11.9. The number of hydrogen-bond acceptors (Lipinski definition) is 4. The third-order valence-corrected chi connectivity index (χ3v) is 3.55. The van der Waals surface area contributed by atoms with Gasteiger partial charge in [0, 0.05) is 17.8 Å². The van der Waals surface area contributed by atoms with Crippen LogP contribution in [0.2, 0.25) is 0 Å². The predicted molar refractivity (Wildman–Crippen MR) is 76.3 cm³/mol. The Morgan fingerprint density at radius 1 is 1.32 bits per heavy atom. The summed E-state index contributed by atoms with van der Waals surface area (Å²) < 4.78 is 5.08. The quantitative estimate of drug-likeness (QED) is 0.818. The maximum absolute atomic E-state index is 11.9. The number of carbonyl (C=O) groups is 1. The number of para-hydroxylation sites is 1. The monoisotopic (exact) mass is 262 g/mol. The minimum atomic E-state index is -0.266. The second-order valence-corrected chi connectivity index (χ2v) is 5.02. The SMILES string of the molecule is CCOC(=O)c1ccccc1NC1CCC(N)CC1. The molecule has 0 unspecified atom stereocenters. The molecule has 1 fully saturated rings. The van der Waals surface area contributed by atoms with Crippen molar-refractivity contribution in [2.45, 2.75) is 44.7 Å². The maximum Gasteiger partial charge on any atom is 0.340 e. The third-order valence-electron chi connectivity index (χ3n) is 3.55. The number of benzene rings is 1. The molecule has 1 saturated carbocycles. The van der Waals surface area contributed by atoms with Crippen LogP contribution >= 0.6 is 0 Å². The van der Waals surface area contributed by atoms with Gasteiger partial charge in [0.25, 0.3) is 0 Å². The van der Waals surface area contributed by atoms with Crippen LogP contribution in [0.15, 0.2) is 24.3 Å². The third kappa shape index (κ3) is 3.70. The number of nitrogens with one attached hydrogen (secondary N) is 1. The Hall–Kier alpha value is -1.55. The van der Waals surface area contributed by atoms with Gasteiger partial charge in [-0.25, -0.2) is 4.79 Å². The van der Waals surface area contributed by atoms with Crippen LogP contribution in [-0.2, 0) is 4.74 Å². The zero-order valence-corrected chi connectivity index (χ0v) is 11.4. The molecule has 1 aliphatic rings. The molecule has 0 radical (unpaired) electrons. The van der Waals surface area contributed by atoms with Crippen molar-refractivity contribution in [1.29, 1.82) is 0 Å². The number of hydrogen-bond donors (Lipinski definition) is 2. The molecule has 0 spiro atoms. The van der Waals surface area contributed by atoms with E-state index in [4.69, 9.17) is 10.5 Å². The summed E-state index contributed by atoms with van der Waals surface area (Å²) in [5, 5.41) is 3.45. The van der Waals surface area contributed by atoms with Gasteiger partial charge in [-0.2, -0.15) is 0 Å². The van der Waals surface area contributed by atoms with Crippen molar-refractivity contribution >= 4 is 11.7 Å². The van der Waals surface area contributed by atoms with E-state index in [0.717, 1.165) is 31.4 Å². The van der Waals surface area contributed by atoms with E-state index in [-0.39, 0.29) is 5.97 Å². The molecule has 19 heavy (non-hydrogen) atoms. The van der Waals surface area contributed by atoms with Crippen molar-refractivity contribution in [3.8, 4) is 0 Å². The second kappa shape index (κ2) is 6.57. The first kappa shape index (κ1) is 13.9. The Kier molecular flexibility index (Phi) is 4.80. The van der Waals surface area contributed by atoms with Gasteiger partial charge in [-0.3, -0.25) is 0 Å².